The number of ether oxygens (including phenoxy) is 7. The van der Waals surface area contributed by atoms with Crippen LogP contribution in [0.25, 0.3) is 4.85 Å². The van der Waals surface area contributed by atoms with Crippen molar-refractivity contribution >= 4 is 57.7 Å². The van der Waals surface area contributed by atoms with Crippen molar-refractivity contribution in [2.45, 2.75) is 173 Å². The Morgan fingerprint density at radius 3 is 1.83 bits per heavy atom. The number of benzene rings is 4. The third-order valence-corrected chi connectivity index (χ3v) is 22.6. The second-order valence-corrected chi connectivity index (χ2v) is 29.9. The number of non-ortho nitro benzene ring substituents is 1. The molecule has 6 atom stereocenters. The maximum absolute atomic E-state index is 12.1. The van der Waals surface area contributed by atoms with E-state index < -0.39 is 38.6 Å². The van der Waals surface area contributed by atoms with Gasteiger partial charge in [0.25, 0.3) is 28.4 Å². The number of anilines is 1. The molecular formula is C74H111N9O17P2S. The summed E-state index contributed by atoms with van der Waals surface area (Å²) in [6.45, 7) is 29.4. The molecule has 2 heterocycles. The molecule has 2 saturated heterocycles. The van der Waals surface area contributed by atoms with Gasteiger partial charge >= 0.3 is 0 Å². The van der Waals surface area contributed by atoms with E-state index in [4.69, 9.17) is 63.1 Å². The Labute approximate surface area is 616 Å². The second-order valence-electron chi connectivity index (χ2n) is 25.8. The number of nitro benzene ring substituents is 2. The summed E-state index contributed by atoms with van der Waals surface area (Å²) in [4.78, 5) is 48.2. The number of nitrogens with zero attached hydrogens (tertiary/aromatic N) is 6. The van der Waals surface area contributed by atoms with Crippen molar-refractivity contribution in [1.82, 2.24) is 20.0 Å². The first-order valence-electron chi connectivity index (χ1n) is 35.8. The van der Waals surface area contributed by atoms with Gasteiger partial charge in [-0.05, 0) is 146 Å². The van der Waals surface area contributed by atoms with Gasteiger partial charge in [-0.1, -0.05) is 73.9 Å². The number of unbranched alkanes of at least 4 members (excludes halogenated alkanes) is 4. The molecule has 29 heteroatoms. The molecule has 0 saturated carbocycles. The lowest BCUT2D eigenvalue weighted by atomic mass is 9.80. The molecule has 2 amide bonds. The molecule has 4 aromatic carbocycles. The van der Waals surface area contributed by atoms with Gasteiger partial charge in [-0.25, -0.2) is 15.9 Å². The molecule has 6 unspecified atom stereocenters. The van der Waals surface area contributed by atoms with E-state index in [-0.39, 0.29) is 73.9 Å². The molecule has 570 valence electrons. The Bertz CT molecular complexity index is 3090. The standard InChI is InChI=1S/C48H64N5O13P.C26H47N4O4PS/c1-37(2)51(38(3)4)67(65-27-25-49-5)66-45(35-63-33-32-62-31-30-61-29-28-60-26-11-24-50-46-23-18-42(52(54)55)34-47(46)53(56)57)36-64-48(39-12-9-8-10-13-39,40-14-19-43(58-6)20-15-40)41-16-21-44(59-7)22-17-41;1-20(2)30(21(3)4)35(34-17-11-14-27)33-16-10-6-5-9-15-28-24(31)13-8-7-12-23-26-22(19-36-23)18-25(32)29-26/h8-10,12-23,34,37-38,45,50H,11,24-33,35-36H2,1-4,6-7H3;20-23,26H,5-13,15-19H2,1-4H3,(H,28,31)(H,29,32). The fourth-order valence-corrected chi connectivity index (χ4v) is 16.9. The highest BCUT2D eigenvalue weighted by Crippen LogP contribution is 2.49. The SMILES string of the molecule is CC(C)N(C(C)C)P(OCCC#N)OCCCCCCNC(=O)CCCCC1SCC2CC(=O)NC21.[C-]#[N+]CCOP(OC(COCCOCCOCCOCCCNc1ccc([N+](=O)[O-])cc1[N+](=O)[O-])COC(c1ccccc1)(c1ccc(OC)cc1)c1ccc(OC)cc1)N(C(C)C)C(C)C. The molecule has 2 aliphatic rings. The summed E-state index contributed by atoms with van der Waals surface area (Å²) in [7, 11) is 0.464. The fraction of sp³-hybridized carbons (Fsp3) is 0.622. The predicted molar refractivity (Wildman–Crippen MR) is 403 cm³/mol. The minimum atomic E-state index is -1.64. The van der Waals surface area contributed by atoms with Gasteiger partial charge < -0.3 is 72.0 Å². The molecule has 0 aliphatic carbocycles. The van der Waals surface area contributed by atoms with Crippen LogP contribution in [-0.4, -0.2) is 191 Å². The summed E-state index contributed by atoms with van der Waals surface area (Å²) in [5.41, 5.74) is 1.05. The molecule has 0 bridgehead atoms. The molecule has 3 N–H and O–H groups in total. The molecule has 103 heavy (non-hydrogen) atoms. The van der Waals surface area contributed by atoms with E-state index in [1.165, 1.54) is 12.1 Å². The summed E-state index contributed by atoms with van der Waals surface area (Å²) in [6, 6.07) is 32.4. The number of hydrogen-bond donors (Lipinski definition) is 3. The quantitative estimate of drug-likeness (QED) is 0.00924. The number of hydrogen-bond acceptors (Lipinski definition) is 22. The van der Waals surface area contributed by atoms with Crippen molar-refractivity contribution in [3.63, 3.8) is 0 Å². The molecule has 0 aromatic heterocycles. The van der Waals surface area contributed by atoms with Crippen molar-refractivity contribution < 1.29 is 70.7 Å². The van der Waals surface area contributed by atoms with Gasteiger partial charge in [-0.15, -0.1) is 0 Å². The molecule has 2 fully saturated rings. The van der Waals surface area contributed by atoms with E-state index in [0.29, 0.717) is 126 Å². The lowest BCUT2D eigenvalue weighted by Gasteiger charge is -2.39. The van der Waals surface area contributed by atoms with E-state index >= 15 is 0 Å². The average molecular weight is 1490 g/mol. The number of methoxy groups -OCH3 is 2. The summed E-state index contributed by atoms with van der Waals surface area (Å²) in [5, 5.41) is 40.8. The van der Waals surface area contributed by atoms with E-state index in [1.807, 2.05) is 90.6 Å². The van der Waals surface area contributed by atoms with Crippen LogP contribution in [0.15, 0.2) is 97.1 Å². The van der Waals surface area contributed by atoms with Gasteiger partial charge in [0, 0.05) is 74.1 Å². The molecule has 0 spiro atoms. The van der Waals surface area contributed by atoms with Crippen LogP contribution in [0.4, 0.5) is 17.1 Å². The lowest BCUT2D eigenvalue weighted by molar-refractivity contribution is -0.393. The van der Waals surface area contributed by atoms with Crippen molar-refractivity contribution in [2.75, 3.05) is 124 Å². The normalized spacial score (nSPS) is 15.9. The smallest absolute Gasteiger partial charge is 0.299 e. The lowest BCUT2D eigenvalue weighted by Crippen LogP contribution is -2.39. The number of nitriles is 1. The number of carbonyl (C=O) groups is 2. The zero-order valence-corrected chi connectivity index (χ0v) is 64.5. The predicted octanol–water partition coefficient (Wildman–Crippen LogP) is 14.2. The van der Waals surface area contributed by atoms with Crippen LogP contribution in [0, 0.1) is 44.0 Å². The first-order chi connectivity index (χ1) is 49.8. The highest BCUT2D eigenvalue weighted by atomic mass is 32.2. The zero-order valence-electron chi connectivity index (χ0n) is 61.9. The molecule has 0 radical (unpaired) electrons. The number of nitrogens with one attached hydrogen (secondary N) is 3. The van der Waals surface area contributed by atoms with Crippen LogP contribution >= 0.6 is 28.8 Å². The maximum Gasteiger partial charge on any atom is 0.299 e. The van der Waals surface area contributed by atoms with Crippen LogP contribution in [-0.2, 0) is 57.0 Å². The summed E-state index contributed by atoms with van der Waals surface area (Å²) >= 11 is 1.99. The Hall–Kier alpha value is -6.23. The van der Waals surface area contributed by atoms with Crippen molar-refractivity contribution in [3.05, 3.63) is 145 Å². The van der Waals surface area contributed by atoms with Gasteiger partial charge in [0.15, 0.2) is 0 Å². The second kappa shape index (κ2) is 49.5. The van der Waals surface area contributed by atoms with Gasteiger partial charge in [0.2, 0.25) is 18.4 Å². The number of nitro groups is 2. The molecule has 26 nitrogen and oxygen atoms in total. The molecule has 4 aromatic rings. The number of thioether (sulfide) groups is 1. The Kier molecular flexibility index (Phi) is 42.0. The summed E-state index contributed by atoms with van der Waals surface area (Å²) in [5.74, 6) is 3.38. The number of amides is 2. The van der Waals surface area contributed by atoms with Gasteiger partial charge in [-0.2, -0.15) is 17.0 Å². The van der Waals surface area contributed by atoms with Crippen molar-refractivity contribution in [3.8, 4) is 17.6 Å². The first kappa shape index (κ1) is 87.4. The Morgan fingerprint density at radius 2 is 1.25 bits per heavy atom. The number of fused-ring (bicyclic) bond motifs is 1. The first-order valence-corrected chi connectivity index (χ1v) is 39.1. The zero-order chi connectivity index (χ0) is 74.8. The van der Waals surface area contributed by atoms with Crippen LogP contribution in [0.2, 0.25) is 0 Å². The molecular weight excluding hydrogens is 1380 g/mol. The minimum Gasteiger partial charge on any atom is -0.497 e. The van der Waals surface area contributed by atoms with E-state index in [1.54, 1.807) is 14.2 Å². The van der Waals surface area contributed by atoms with E-state index in [9.17, 15) is 29.8 Å². The van der Waals surface area contributed by atoms with Crippen molar-refractivity contribution in [2.24, 2.45) is 5.92 Å². The monoisotopic (exact) mass is 1490 g/mol. The highest BCUT2D eigenvalue weighted by Gasteiger charge is 2.43. The van der Waals surface area contributed by atoms with Gasteiger partial charge in [0.1, 0.15) is 35.5 Å². The number of carbonyl (C=O) groups excluding carboxylic acids is 2. The third kappa shape index (κ3) is 30.6. The summed E-state index contributed by atoms with van der Waals surface area (Å²) < 4.78 is 71.2. The Morgan fingerprint density at radius 1 is 0.680 bits per heavy atom. The molecule has 6 rings (SSSR count). The van der Waals surface area contributed by atoms with Gasteiger partial charge in [-0.3, -0.25) is 29.8 Å². The minimum absolute atomic E-state index is 0.0810. The van der Waals surface area contributed by atoms with Crippen LogP contribution < -0.4 is 25.4 Å². The third-order valence-electron chi connectivity index (χ3n) is 16.7. The highest BCUT2D eigenvalue weighted by molar-refractivity contribution is 8.00. The van der Waals surface area contributed by atoms with E-state index in [2.05, 4.69) is 91.6 Å². The number of rotatable bonds is 53. The molecule has 2 aliphatic heterocycles. The van der Waals surface area contributed by atoms with Crippen LogP contribution in [0.1, 0.15) is 143 Å². The average Bonchev–Trinajstić information content (AvgIpc) is 1.44. The largest absolute Gasteiger partial charge is 0.497 e. The summed E-state index contributed by atoms with van der Waals surface area (Å²) in [6.07, 6.45) is 8.67. The van der Waals surface area contributed by atoms with Crippen LogP contribution in [0.3, 0.4) is 0 Å². The maximum atomic E-state index is 12.1. The van der Waals surface area contributed by atoms with E-state index in [0.717, 1.165) is 80.0 Å². The fourth-order valence-electron chi connectivity index (χ4n) is 11.9. The topological polar surface area (TPSA) is 293 Å². The van der Waals surface area contributed by atoms with Crippen LogP contribution in [0.5, 0.6) is 11.5 Å². The Balaban J connectivity index is 0.000000445. The van der Waals surface area contributed by atoms with Gasteiger partial charge in [0.05, 0.1) is 109 Å². The van der Waals surface area contributed by atoms with Crippen molar-refractivity contribution in [1.29, 1.82) is 5.26 Å².